The molecule has 1 rings (SSSR count). The highest BCUT2D eigenvalue weighted by atomic mass is 19.4. The van der Waals surface area contributed by atoms with Crippen molar-refractivity contribution in [3.05, 3.63) is 34.9 Å². The minimum absolute atomic E-state index is 0.118. The van der Waals surface area contributed by atoms with Gasteiger partial charge in [0.1, 0.15) is 0 Å². The van der Waals surface area contributed by atoms with Crippen LogP contribution in [0.15, 0.2) is 12.1 Å². The van der Waals surface area contributed by atoms with Crippen LogP contribution in [0, 0.1) is 13.0 Å². The van der Waals surface area contributed by atoms with Gasteiger partial charge in [-0.3, -0.25) is 0 Å². The zero-order valence-corrected chi connectivity index (χ0v) is 8.11. The third-order valence-corrected chi connectivity index (χ3v) is 1.88. The van der Waals surface area contributed by atoms with Crippen molar-refractivity contribution in [2.24, 2.45) is 0 Å². The quantitative estimate of drug-likeness (QED) is 0.676. The van der Waals surface area contributed by atoms with E-state index >= 15 is 0 Å². The summed E-state index contributed by atoms with van der Waals surface area (Å²) in [6, 6.07) is 3.94. The molecule has 15 heavy (non-hydrogen) atoms. The van der Waals surface area contributed by atoms with Crippen molar-refractivity contribution in [1.82, 2.24) is 0 Å². The summed E-state index contributed by atoms with van der Waals surface area (Å²) >= 11 is 0. The van der Waals surface area contributed by atoms with E-state index < -0.39 is 17.7 Å². The van der Waals surface area contributed by atoms with Crippen molar-refractivity contribution >= 4 is 5.97 Å². The Labute approximate surface area is 84.7 Å². The number of halogens is 3. The lowest BCUT2D eigenvalue weighted by molar-refractivity contribution is -0.137. The van der Waals surface area contributed by atoms with Crippen LogP contribution < -0.4 is 0 Å². The fourth-order valence-electron chi connectivity index (χ4n) is 1.05. The predicted octanol–water partition coefficient (Wildman–Crippen LogP) is 2.60. The monoisotopic (exact) mass is 217 g/mol. The molecule has 0 atom stereocenters. The lowest BCUT2D eigenvalue weighted by Crippen LogP contribution is -2.10. The molecule has 0 saturated carbocycles. The van der Waals surface area contributed by atoms with Gasteiger partial charge < -0.3 is 4.74 Å². The number of carbonyl (C=O) groups is 1. The highest BCUT2D eigenvalue weighted by Gasteiger charge is 2.31. The number of esters is 1. The first-order valence-electron chi connectivity index (χ1n) is 4.04. The smallest absolute Gasteiger partial charge is 0.416 e. The normalized spacial score (nSPS) is 11.3. The van der Waals surface area contributed by atoms with Gasteiger partial charge in [0.05, 0.1) is 18.2 Å². The summed E-state index contributed by atoms with van der Waals surface area (Å²) in [6.45, 7) is 1.49. The summed E-state index contributed by atoms with van der Waals surface area (Å²) in [5.41, 5.74) is -0.698. The Hall–Kier alpha value is -1.52. The molecule has 0 unspecified atom stereocenters. The number of carbonyl (C=O) groups excluding carboxylic acids is 1. The Balaban J connectivity index is 3.23. The topological polar surface area (TPSA) is 26.3 Å². The molecule has 0 aliphatic carbocycles. The van der Waals surface area contributed by atoms with Crippen LogP contribution in [0.25, 0.3) is 0 Å². The van der Waals surface area contributed by atoms with Crippen molar-refractivity contribution < 1.29 is 22.7 Å². The molecule has 0 fully saturated rings. The van der Waals surface area contributed by atoms with E-state index in [4.69, 9.17) is 0 Å². The van der Waals surface area contributed by atoms with E-state index in [2.05, 4.69) is 10.8 Å². The first-order chi connectivity index (χ1) is 6.86. The number of hydrogen-bond acceptors (Lipinski definition) is 2. The van der Waals surface area contributed by atoms with E-state index in [1.165, 1.54) is 6.92 Å². The minimum Gasteiger partial charge on any atom is -0.465 e. The van der Waals surface area contributed by atoms with Crippen LogP contribution in [0.4, 0.5) is 13.2 Å². The Morgan fingerprint density at radius 2 is 2.07 bits per heavy atom. The molecular weight excluding hydrogens is 209 g/mol. The second-order valence-corrected chi connectivity index (χ2v) is 2.92. The van der Waals surface area contributed by atoms with E-state index in [1.54, 1.807) is 0 Å². The minimum atomic E-state index is -4.48. The molecule has 0 aromatic heterocycles. The molecule has 0 amide bonds. The summed E-state index contributed by atoms with van der Waals surface area (Å²) < 4.78 is 41.2. The third-order valence-electron chi connectivity index (χ3n) is 1.88. The van der Waals surface area contributed by atoms with Crippen molar-refractivity contribution in [3.63, 3.8) is 0 Å². The molecule has 0 saturated heterocycles. The SMILES string of the molecule is COC(=O)c1cc(C(F)(F)F)c[c]c1C. The first-order valence-corrected chi connectivity index (χ1v) is 4.04. The molecule has 1 aromatic carbocycles. The number of alkyl halides is 3. The average molecular weight is 217 g/mol. The van der Waals surface area contributed by atoms with E-state index in [0.29, 0.717) is 5.56 Å². The van der Waals surface area contributed by atoms with Gasteiger partial charge in [-0.05, 0) is 30.7 Å². The van der Waals surface area contributed by atoms with E-state index in [-0.39, 0.29) is 5.56 Å². The van der Waals surface area contributed by atoms with Crippen molar-refractivity contribution in [1.29, 1.82) is 0 Å². The fraction of sp³-hybridized carbons (Fsp3) is 0.300. The van der Waals surface area contributed by atoms with Crippen molar-refractivity contribution in [3.8, 4) is 0 Å². The van der Waals surface area contributed by atoms with Gasteiger partial charge in [-0.15, -0.1) is 0 Å². The number of aryl methyl sites for hydroxylation is 1. The molecule has 0 N–H and O–H groups in total. The largest absolute Gasteiger partial charge is 0.465 e. The van der Waals surface area contributed by atoms with Crippen molar-refractivity contribution in [2.75, 3.05) is 7.11 Å². The summed E-state index contributed by atoms with van der Waals surface area (Å²) in [7, 11) is 1.11. The maximum absolute atomic E-state index is 12.3. The van der Waals surface area contributed by atoms with Crippen LogP contribution in [-0.2, 0) is 10.9 Å². The zero-order chi connectivity index (χ0) is 11.6. The van der Waals surface area contributed by atoms with Gasteiger partial charge in [0.25, 0.3) is 0 Å². The van der Waals surface area contributed by atoms with Crippen LogP contribution >= 0.6 is 0 Å². The number of methoxy groups -OCH3 is 1. The van der Waals surface area contributed by atoms with Gasteiger partial charge in [-0.25, -0.2) is 4.79 Å². The van der Waals surface area contributed by atoms with Crippen molar-refractivity contribution in [2.45, 2.75) is 13.1 Å². The standard InChI is InChI=1S/C10H8F3O2/c1-6-3-4-7(10(11,12)13)5-8(6)9(14)15-2/h4-5H,1-2H3. The maximum atomic E-state index is 12.3. The lowest BCUT2D eigenvalue weighted by Gasteiger charge is -2.09. The van der Waals surface area contributed by atoms with E-state index in [9.17, 15) is 18.0 Å². The van der Waals surface area contributed by atoms with Crippen LogP contribution in [0.1, 0.15) is 21.5 Å². The second-order valence-electron chi connectivity index (χ2n) is 2.92. The summed E-state index contributed by atoms with van der Waals surface area (Å²) in [6.07, 6.45) is -4.48. The van der Waals surface area contributed by atoms with E-state index in [1.807, 2.05) is 0 Å². The number of benzene rings is 1. The fourth-order valence-corrected chi connectivity index (χ4v) is 1.05. The lowest BCUT2D eigenvalue weighted by atomic mass is 10.0. The van der Waals surface area contributed by atoms with Gasteiger partial charge in [0.15, 0.2) is 0 Å². The van der Waals surface area contributed by atoms with Gasteiger partial charge >= 0.3 is 12.1 Å². The maximum Gasteiger partial charge on any atom is 0.416 e. The Kier molecular flexibility index (Phi) is 3.02. The highest BCUT2D eigenvalue weighted by Crippen LogP contribution is 2.30. The first kappa shape index (κ1) is 11.6. The number of hydrogen-bond donors (Lipinski definition) is 0. The van der Waals surface area contributed by atoms with Crippen LogP contribution in [0.3, 0.4) is 0 Å². The Morgan fingerprint density at radius 1 is 1.47 bits per heavy atom. The molecule has 5 heteroatoms. The molecular formula is C10H8F3O2. The summed E-state index contributed by atoms with van der Waals surface area (Å²) in [5, 5.41) is 0. The van der Waals surface area contributed by atoms with Gasteiger partial charge in [-0.2, -0.15) is 13.2 Å². The number of rotatable bonds is 1. The van der Waals surface area contributed by atoms with Crippen LogP contribution in [-0.4, -0.2) is 13.1 Å². The van der Waals surface area contributed by atoms with Gasteiger partial charge in [0, 0.05) is 0 Å². The molecule has 2 nitrogen and oxygen atoms in total. The molecule has 1 radical (unpaired) electrons. The summed E-state index contributed by atoms with van der Waals surface area (Å²) in [4.78, 5) is 11.1. The molecule has 0 aliphatic heterocycles. The van der Waals surface area contributed by atoms with Crippen LogP contribution in [0.5, 0.6) is 0 Å². The molecule has 0 heterocycles. The predicted molar refractivity (Wildman–Crippen MR) is 46.4 cm³/mol. The Morgan fingerprint density at radius 3 is 2.53 bits per heavy atom. The van der Waals surface area contributed by atoms with Gasteiger partial charge in [-0.1, -0.05) is 0 Å². The van der Waals surface area contributed by atoms with E-state index in [0.717, 1.165) is 19.2 Å². The Bertz CT molecular complexity index is 383. The molecule has 0 bridgehead atoms. The average Bonchev–Trinajstić information content (AvgIpc) is 2.15. The third kappa shape index (κ3) is 2.49. The second kappa shape index (κ2) is 3.92. The summed E-state index contributed by atoms with van der Waals surface area (Å²) in [5.74, 6) is -0.796. The molecule has 81 valence electrons. The van der Waals surface area contributed by atoms with Crippen LogP contribution in [0.2, 0.25) is 0 Å². The molecule has 1 aromatic rings. The highest BCUT2D eigenvalue weighted by molar-refractivity contribution is 5.91. The zero-order valence-electron chi connectivity index (χ0n) is 8.11. The van der Waals surface area contributed by atoms with Gasteiger partial charge in [0.2, 0.25) is 0 Å². The number of ether oxygens (including phenoxy) is 1. The molecule has 0 spiro atoms. The molecule has 0 aliphatic rings.